The summed E-state index contributed by atoms with van der Waals surface area (Å²) >= 11 is 18.4. The topological polar surface area (TPSA) is 86.8 Å². The first-order valence-corrected chi connectivity index (χ1v) is 15.5. The molecule has 0 spiro atoms. The number of hydrogen-bond donors (Lipinski definition) is 1. The van der Waals surface area contributed by atoms with Crippen LogP contribution in [0.25, 0.3) is 0 Å². The molecule has 2 amide bonds. The molecule has 3 aromatic carbocycles. The van der Waals surface area contributed by atoms with Gasteiger partial charge in [0.2, 0.25) is 11.8 Å². The lowest BCUT2D eigenvalue weighted by atomic mass is 10.1. The van der Waals surface area contributed by atoms with Crippen LogP contribution in [0, 0.1) is 0 Å². The standard InChI is InChI=1S/C29H30Cl3N3O4S/c1-20(29(37)33-23-7-5-6-8-23)34(18-21-11-16-26(31)27(32)17-21)28(36)19-35(24-14-12-22(30)13-15-24)40(38,39)25-9-3-2-4-10-25/h2-4,9-17,20,23H,5-8,18-19H2,1H3,(H,33,37). The fraction of sp³-hybridized carbons (Fsp3) is 0.310. The Hall–Kier alpha value is -2.78. The fourth-order valence-corrected chi connectivity index (χ4v) is 6.55. The van der Waals surface area contributed by atoms with E-state index in [1.54, 1.807) is 55.5 Å². The van der Waals surface area contributed by atoms with Gasteiger partial charge in [-0.1, -0.05) is 71.9 Å². The SMILES string of the molecule is CC(C(=O)NC1CCCC1)N(Cc1ccc(Cl)c(Cl)c1)C(=O)CN(c1ccc(Cl)cc1)S(=O)(=O)c1ccccc1. The van der Waals surface area contributed by atoms with Gasteiger partial charge in [0, 0.05) is 17.6 Å². The third kappa shape index (κ3) is 7.29. The summed E-state index contributed by atoms with van der Waals surface area (Å²) in [7, 11) is -4.14. The van der Waals surface area contributed by atoms with Crippen LogP contribution in [0.5, 0.6) is 0 Å². The number of nitrogens with zero attached hydrogens (tertiary/aromatic N) is 2. The van der Waals surface area contributed by atoms with Crippen LogP contribution in [0.2, 0.25) is 15.1 Å². The van der Waals surface area contributed by atoms with Crippen LogP contribution in [0.1, 0.15) is 38.2 Å². The minimum Gasteiger partial charge on any atom is -0.352 e. The van der Waals surface area contributed by atoms with Crippen molar-refractivity contribution in [3.63, 3.8) is 0 Å². The Kier molecular flexibility index (Phi) is 10.0. The van der Waals surface area contributed by atoms with Crippen molar-refractivity contribution in [2.24, 2.45) is 0 Å². The van der Waals surface area contributed by atoms with Crippen molar-refractivity contribution in [3.8, 4) is 0 Å². The van der Waals surface area contributed by atoms with E-state index >= 15 is 0 Å². The zero-order valence-corrected chi connectivity index (χ0v) is 25.0. The van der Waals surface area contributed by atoms with Gasteiger partial charge in [0.15, 0.2) is 0 Å². The van der Waals surface area contributed by atoms with Gasteiger partial charge in [0.1, 0.15) is 12.6 Å². The second kappa shape index (κ2) is 13.3. The fourth-order valence-electron chi connectivity index (χ4n) is 4.67. The van der Waals surface area contributed by atoms with Crippen molar-refractivity contribution in [1.29, 1.82) is 0 Å². The summed E-state index contributed by atoms with van der Waals surface area (Å²) in [6, 6.07) is 18.2. The van der Waals surface area contributed by atoms with E-state index in [2.05, 4.69) is 5.32 Å². The molecule has 4 rings (SSSR count). The Morgan fingerprint density at radius 1 is 0.925 bits per heavy atom. The highest BCUT2D eigenvalue weighted by Gasteiger charge is 2.33. The molecule has 0 heterocycles. The summed E-state index contributed by atoms with van der Waals surface area (Å²) in [5.41, 5.74) is 0.909. The summed E-state index contributed by atoms with van der Waals surface area (Å²) < 4.78 is 28.6. The molecule has 0 radical (unpaired) electrons. The first kappa shape index (κ1) is 30.2. The summed E-state index contributed by atoms with van der Waals surface area (Å²) in [4.78, 5) is 28.6. The summed E-state index contributed by atoms with van der Waals surface area (Å²) in [6.45, 7) is 1.12. The Labute approximate surface area is 250 Å². The van der Waals surface area contributed by atoms with Gasteiger partial charge in [-0.15, -0.1) is 0 Å². The highest BCUT2D eigenvalue weighted by atomic mass is 35.5. The molecule has 1 atom stereocenters. The molecule has 7 nitrogen and oxygen atoms in total. The van der Waals surface area contributed by atoms with E-state index in [0.717, 1.165) is 30.0 Å². The number of carbonyl (C=O) groups is 2. The van der Waals surface area contributed by atoms with Crippen molar-refractivity contribution in [1.82, 2.24) is 10.2 Å². The minimum absolute atomic E-state index is 0.0226. The molecule has 11 heteroatoms. The van der Waals surface area contributed by atoms with Crippen molar-refractivity contribution in [2.45, 2.75) is 56.1 Å². The van der Waals surface area contributed by atoms with Crippen molar-refractivity contribution < 1.29 is 18.0 Å². The molecule has 40 heavy (non-hydrogen) atoms. The highest BCUT2D eigenvalue weighted by Crippen LogP contribution is 2.27. The third-order valence-corrected chi connectivity index (χ3v) is 9.71. The molecule has 1 aliphatic rings. The largest absolute Gasteiger partial charge is 0.352 e. The Morgan fingerprint density at radius 2 is 1.57 bits per heavy atom. The van der Waals surface area contributed by atoms with Crippen LogP contribution in [0.4, 0.5) is 5.69 Å². The van der Waals surface area contributed by atoms with Crippen LogP contribution in [0.15, 0.2) is 77.7 Å². The number of anilines is 1. The summed E-state index contributed by atoms with van der Waals surface area (Å²) in [5.74, 6) is -0.862. The number of amides is 2. The number of nitrogens with one attached hydrogen (secondary N) is 1. The maximum atomic E-state index is 14.0. The molecule has 0 aromatic heterocycles. The molecular weight excluding hydrogens is 593 g/mol. The molecule has 0 aliphatic heterocycles. The van der Waals surface area contributed by atoms with E-state index in [9.17, 15) is 18.0 Å². The van der Waals surface area contributed by atoms with Crippen LogP contribution in [-0.2, 0) is 26.2 Å². The van der Waals surface area contributed by atoms with Crippen LogP contribution >= 0.6 is 34.8 Å². The normalized spacial score (nSPS) is 14.5. The van der Waals surface area contributed by atoms with E-state index in [0.29, 0.717) is 20.6 Å². The van der Waals surface area contributed by atoms with Crippen LogP contribution < -0.4 is 9.62 Å². The first-order chi connectivity index (χ1) is 19.1. The van der Waals surface area contributed by atoms with Gasteiger partial charge in [0.25, 0.3) is 10.0 Å². The van der Waals surface area contributed by atoms with E-state index in [4.69, 9.17) is 34.8 Å². The highest BCUT2D eigenvalue weighted by molar-refractivity contribution is 7.92. The van der Waals surface area contributed by atoms with E-state index in [1.165, 1.54) is 29.2 Å². The lowest BCUT2D eigenvalue weighted by Crippen LogP contribution is -2.52. The van der Waals surface area contributed by atoms with Crippen molar-refractivity contribution in [2.75, 3.05) is 10.8 Å². The van der Waals surface area contributed by atoms with Crippen LogP contribution in [0.3, 0.4) is 0 Å². The summed E-state index contributed by atoms with van der Waals surface area (Å²) in [5, 5.41) is 4.13. The zero-order valence-electron chi connectivity index (χ0n) is 21.9. The van der Waals surface area contributed by atoms with Gasteiger partial charge >= 0.3 is 0 Å². The second-order valence-electron chi connectivity index (χ2n) is 9.74. The third-order valence-electron chi connectivity index (χ3n) is 6.93. The Bertz CT molecular complexity index is 1450. The molecule has 1 N–H and O–H groups in total. The predicted molar refractivity (Wildman–Crippen MR) is 159 cm³/mol. The molecule has 212 valence electrons. The lowest BCUT2D eigenvalue weighted by Gasteiger charge is -2.32. The smallest absolute Gasteiger partial charge is 0.264 e. The number of benzene rings is 3. The lowest BCUT2D eigenvalue weighted by molar-refractivity contribution is -0.139. The molecule has 0 saturated heterocycles. The van der Waals surface area contributed by atoms with Gasteiger partial charge in [0.05, 0.1) is 20.6 Å². The average Bonchev–Trinajstić information content (AvgIpc) is 3.46. The predicted octanol–water partition coefficient (Wildman–Crippen LogP) is 6.32. The monoisotopic (exact) mass is 621 g/mol. The average molecular weight is 623 g/mol. The Balaban J connectivity index is 1.68. The molecule has 1 aliphatic carbocycles. The molecule has 3 aromatic rings. The molecule has 1 unspecified atom stereocenters. The second-order valence-corrected chi connectivity index (χ2v) is 12.9. The number of halogens is 3. The van der Waals surface area contributed by atoms with E-state index < -0.39 is 28.5 Å². The molecule has 1 fully saturated rings. The van der Waals surface area contributed by atoms with Gasteiger partial charge < -0.3 is 10.2 Å². The number of hydrogen-bond acceptors (Lipinski definition) is 4. The van der Waals surface area contributed by atoms with Crippen LogP contribution in [-0.4, -0.2) is 43.8 Å². The van der Waals surface area contributed by atoms with Crippen molar-refractivity contribution in [3.05, 3.63) is 93.4 Å². The van der Waals surface area contributed by atoms with Gasteiger partial charge in [-0.05, 0) is 73.9 Å². The summed E-state index contributed by atoms with van der Waals surface area (Å²) in [6.07, 6.45) is 3.86. The minimum atomic E-state index is -4.14. The van der Waals surface area contributed by atoms with Gasteiger partial charge in [-0.25, -0.2) is 8.42 Å². The number of sulfonamides is 1. The number of carbonyl (C=O) groups excluding carboxylic acids is 2. The zero-order chi connectivity index (χ0) is 28.9. The molecule has 0 bridgehead atoms. The van der Waals surface area contributed by atoms with E-state index in [1.807, 2.05) is 0 Å². The maximum Gasteiger partial charge on any atom is 0.264 e. The Morgan fingerprint density at radius 3 is 2.20 bits per heavy atom. The molecular formula is C29H30Cl3N3O4S. The first-order valence-electron chi connectivity index (χ1n) is 12.9. The molecule has 1 saturated carbocycles. The quantitative estimate of drug-likeness (QED) is 0.287. The van der Waals surface area contributed by atoms with Gasteiger partial charge in [-0.3, -0.25) is 13.9 Å². The maximum absolute atomic E-state index is 14.0. The van der Waals surface area contributed by atoms with E-state index in [-0.39, 0.29) is 29.1 Å². The van der Waals surface area contributed by atoms with Gasteiger partial charge in [-0.2, -0.15) is 0 Å². The number of rotatable bonds is 10. The van der Waals surface area contributed by atoms with Crippen molar-refractivity contribution >= 4 is 62.3 Å².